The Kier molecular flexibility index (Phi) is 4.32. The predicted molar refractivity (Wildman–Crippen MR) is 102 cm³/mol. The van der Waals surface area contributed by atoms with E-state index in [0.29, 0.717) is 6.54 Å². The van der Waals surface area contributed by atoms with Crippen molar-refractivity contribution in [2.45, 2.75) is 26.7 Å². The summed E-state index contributed by atoms with van der Waals surface area (Å²) < 4.78 is 1.98. The van der Waals surface area contributed by atoms with Gasteiger partial charge in [0.15, 0.2) is 5.65 Å². The summed E-state index contributed by atoms with van der Waals surface area (Å²) in [6.07, 6.45) is 3.82. The molecule has 0 aliphatic carbocycles. The lowest BCUT2D eigenvalue weighted by Crippen LogP contribution is -2.41. The molecule has 1 N–H and O–H groups in total. The Morgan fingerprint density at radius 2 is 1.96 bits per heavy atom. The molecule has 2 aromatic heterocycles. The first-order chi connectivity index (χ1) is 12.6. The van der Waals surface area contributed by atoms with Crippen LogP contribution in [0.2, 0.25) is 0 Å². The van der Waals surface area contributed by atoms with Gasteiger partial charge < -0.3 is 10.2 Å². The number of aromatic nitrogens is 3. The van der Waals surface area contributed by atoms with Gasteiger partial charge in [-0.2, -0.15) is 0 Å². The van der Waals surface area contributed by atoms with E-state index < -0.39 is 0 Å². The Labute approximate surface area is 152 Å². The minimum atomic E-state index is -0.0550. The first kappa shape index (κ1) is 16.6. The van der Waals surface area contributed by atoms with Crippen molar-refractivity contribution in [2.24, 2.45) is 5.92 Å². The number of amides is 1. The largest absolute Gasteiger partial charge is 0.340 e. The Balaban J connectivity index is 1.50. The van der Waals surface area contributed by atoms with Crippen LogP contribution in [0.4, 0.5) is 11.6 Å². The van der Waals surface area contributed by atoms with Crippen LogP contribution >= 0.6 is 0 Å². The maximum atomic E-state index is 12.8. The average molecular weight is 349 g/mol. The standard InChI is InChI=1S/C20H23N5O/c1-14-10-15(2)12-17(11-14)21-19(26)16-6-5-8-24(13-16)20-23-22-18-7-3-4-9-25(18)20/h3-4,7,9-12,16H,5-6,8,13H2,1-2H3,(H,21,26). The summed E-state index contributed by atoms with van der Waals surface area (Å²) in [6, 6.07) is 12.0. The Bertz CT molecular complexity index is 928. The van der Waals surface area contributed by atoms with E-state index in [1.54, 1.807) is 0 Å². The first-order valence-corrected chi connectivity index (χ1v) is 9.04. The van der Waals surface area contributed by atoms with E-state index in [1.165, 1.54) is 0 Å². The van der Waals surface area contributed by atoms with E-state index in [2.05, 4.69) is 26.5 Å². The second kappa shape index (κ2) is 6.78. The van der Waals surface area contributed by atoms with Crippen molar-refractivity contribution >= 4 is 23.2 Å². The quantitative estimate of drug-likeness (QED) is 0.789. The summed E-state index contributed by atoms with van der Waals surface area (Å²) in [5.41, 5.74) is 4.00. The van der Waals surface area contributed by atoms with E-state index in [1.807, 2.05) is 54.8 Å². The zero-order valence-electron chi connectivity index (χ0n) is 15.1. The molecule has 4 rings (SSSR count). The van der Waals surface area contributed by atoms with E-state index in [0.717, 1.165) is 47.8 Å². The summed E-state index contributed by atoms with van der Waals surface area (Å²) in [6.45, 7) is 5.64. The zero-order chi connectivity index (χ0) is 18.1. The summed E-state index contributed by atoms with van der Waals surface area (Å²) in [4.78, 5) is 15.0. The van der Waals surface area contributed by atoms with Gasteiger partial charge in [0.05, 0.1) is 5.92 Å². The maximum Gasteiger partial charge on any atom is 0.231 e. The lowest BCUT2D eigenvalue weighted by Gasteiger charge is -2.32. The number of fused-ring (bicyclic) bond motifs is 1. The maximum absolute atomic E-state index is 12.8. The number of nitrogens with zero attached hydrogens (tertiary/aromatic N) is 4. The van der Waals surface area contributed by atoms with Gasteiger partial charge in [0.1, 0.15) is 0 Å². The van der Waals surface area contributed by atoms with E-state index in [9.17, 15) is 4.79 Å². The highest BCUT2D eigenvalue weighted by Gasteiger charge is 2.28. The third-order valence-electron chi connectivity index (χ3n) is 4.86. The highest BCUT2D eigenvalue weighted by molar-refractivity contribution is 5.93. The SMILES string of the molecule is Cc1cc(C)cc(NC(=O)C2CCCN(c3nnc4ccccn34)C2)c1. The molecular formula is C20H23N5O. The Hall–Kier alpha value is -2.89. The smallest absolute Gasteiger partial charge is 0.231 e. The van der Waals surface area contributed by atoms with Crippen molar-refractivity contribution in [1.29, 1.82) is 0 Å². The molecule has 0 radical (unpaired) electrons. The molecule has 134 valence electrons. The van der Waals surface area contributed by atoms with Crippen molar-refractivity contribution in [3.63, 3.8) is 0 Å². The van der Waals surface area contributed by atoms with Crippen molar-refractivity contribution in [2.75, 3.05) is 23.3 Å². The lowest BCUT2D eigenvalue weighted by molar-refractivity contribution is -0.120. The van der Waals surface area contributed by atoms with Gasteiger partial charge >= 0.3 is 0 Å². The van der Waals surface area contributed by atoms with Crippen molar-refractivity contribution in [3.8, 4) is 0 Å². The monoisotopic (exact) mass is 349 g/mol. The molecule has 1 unspecified atom stereocenters. The molecule has 1 saturated heterocycles. The van der Waals surface area contributed by atoms with Crippen molar-refractivity contribution in [3.05, 3.63) is 53.7 Å². The van der Waals surface area contributed by atoms with Crippen LogP contribution in [-0.4, -0.2) is 33.6 Å². The second-order valence-electron chi connectivity index (χ2n) is 7.08. The van der Waals surface area contributed by atoms with Crippen molar-refractivity contribution < 1.29 is 4.79 Å². The fourth-order valence-electron chi connectivity index (χ4n) is 3.71. The highest BCUT2D eigenvalue weighted by Crippen LogP contribution is 2.24. The number of pyridine rings is 1. The molecule has 3 aromatic rings. The molecule has 3 heterocycles. The fourth-order valence-corrected chi connectivity index (χ4v) is 3.71. The molecule has 0 saturated carbocycles. The van der Waals surface area contributed by atoms with E-state index >= 15 is 0 Å². The molecule has 1 aliphatic rings. The van der Waals surface area contributed by atoms with Gasteiger partial charge in [0.2, 0.25) is 11.9 Å². The molecule has 0 bridgehead atoms. The lowest BCUT2D eigenvalue weighted by atomic mass is 9.97. The summed E-state index contributed by atoms with van der Waals surface area (Å²) in [5, 5.41) is 11.6. The Morgan fingerprint density at radius 1 is 1.15 bits per heavy atom. The normalized spacial score (nSPS) is 17.5. The van der Waals surface area contributed by atoms with Crippen LogP contribution in [0.5, 0.6) is 0 Å². The fraction of sp³-hybridized carbons (Fsp3) is 0.350. The van der Waals surface area contributed by atoms with E-state index in [-0.39, 0.29) is 11.8 Å². The number of benzene rings is 1. The van der Waals surface area contributed by atoms with Crippen LogP contribution in [0.25, 0.3) is 5.65 Å². The number of rotatable bonds is 3. The summed E-state index contributed by atoms with van der Waals surface area (Å²) >= 11 is 0. The topological polar surface area (TPSA) is 62.5 Å². The van der Waals surface area contributed by atoms with Gasteiger partial charge in [-0.25, -0.2) is 0 Å². The van der Waals surface area contributed by atoms with Gasteiger partial charge in [-0.1, -0.05) is 12.1 Å². The van der Waals surface area contributed by atoms with Crippen LogP contribution in [0.3, 0.4) is 0 Å². The number of anilines is 2. The van der Waals surface area contributed by atoms with Crippen molar-refractivity contribution in [1.82, 2.24) is 14.6 Å². The van der Waals surface area contributed by atoms with Crippen LogP contribution in [0.1, 0.15) is 24.0 Å². The molecule has 0 spiro atoms. The molecular weight excluding hydrogens is 326 g/mol. The summed E-state index contributed by atoms with van der Waals surface area (Å²) in [5.74, 6) is 0.832. The molecule has 1 fully saturated rings. The number of nitrogens with one attached hydrogen (secondary N) is 1. The van der Waals surface area contributed by atoms with Crippen LogP contribution in [0, 0.1) is 19.8 Å². The number of hydrogen-bond donors (Lipinski definition) is 1. The van der Waals surface area contributed by atoms with Gasteiger partial charge in [-0.15, -0.1) is 10.2 Å². The van der Waals surface area contributed by atoms with E-state index in [4.69, 9.17) is 0 Å². The van der Waals surface area contributed by atoms with Crippen LogP contribution in [0.15, 0.2) is 42.6 Å². The van der Waals surface area contributed by atoms with Gasteiger partial charge in [-0.3, -0.25) is 9.20 Å². The minimum absolute atomic E-state index is 0.0550. The summed E-state index contributed by atoms with van der Waals surface area (Å²) in [7, 11) is 0. The number of carbonyl (C=O) groups is 1. The molecule has 1 aromatic carbocycles. The molecule has 1 amide bonds. The van der Waals surface area contributed by atoms with Gasteiger partial charge in [-0.05, 0) is 62.1 Å². The number of carbonyl (C=O) groups excluding carboxylic acids is 1. The molecule has 26 heavy (non-hydrogen) atoms. The Morgan fingerprint density at radius 3 is 2.77 bits per heavy atom. The predicted octanol–water partition coefficient (Wildman–Crippen LogP) is 3.20. The molecule has 6 nitrogen and oxygen atoms in total. The first-order valence-electron chi connectivity index (χ1n) is 9.04. The molecule has 1 aliphatic heterocycles. The average Bonchev–Trinajstić information content (AvgIpc) is 3.05. The van der Waals surface area contributed by atoms with Gasteiger partial charge in [0, 0.05) is 25.0 Å². The highest BCUT2D eigenvalue weighted by atomic mass is 16.1. The van der Waals surface area contributed by atoms with Gasteiger partial charge in [0.25, 0.3) is 0 Å². The third kappa shape index (κ3) is 3.27. The third-order valence-corrected chi connectivity index (χ3v) is 4.86. The number of hydrogen-bond acceptors (Lipinski definition) is 4. The molecule has 6 heteroatoms. The minimum Gasteiger partial charge on any atom is -0.340 e. The second-order valence-corrected chi connectivity index (χ2v) is 7.08. The van der Waals surface area contributed by atoms with Crippen LogP contribution < -0.4 is 10.2 Å². The van der Waals surface area contributed by atoms with Crippen LogP contribution in [-0.2, 0) is 4.79 Å². The number of aryl methyl sites for hydroxylation is 2. The molecule has 1 atom stereocenters. The number of piperidine rings is 1. The zero-order valence-corrected chi connectivity index (χ0v) is 15.1.